The maximum atomic E-state index is 12.1. The van der Waals surface area contributed by atoms with Crippen LogP contribution < -0.4 is 10.2 Å². The monoisotopic (exact) mass is 357 g/mol. The molecule has 5 nitrogen and oxygen atoms in total. The summed E-state index contributed by atoms with van der Waals surface area (Å²) in [4.78, 5) is 18.6. The van der Waals surface area contributed by atoms with E-state index in [2.05, 4.69) is 15.2 Å². The van der Waals surface area contributed by atoms with Crippen LogP contribution in [0.5, 0.6) is 0 Å². The molecule has 2 aromatic heterocycles. The number of anilines is 2. The highest BCUT2D eigenvalue weighted by Crippen LogP contribution is 2.31. The molecule has 1 N–H and O–H groups in total. The van der Waals surface area contributed by atoms with E-state index in [0.29, 0.717) is 20.1 Å². The molecule has 0 saturated carbocycles. The lowest BCUT2D eigenvalue weighted by Gasteiger charge is -2.28. The molecule has 0 unspecified atom stereocenters. The van der Waals surface area contributed by atoms with Crippen LogP contribution in [0.4, 0.5) is 11.5 Å². The Morgan fingerprint density at radius 2 is 2.09 bits per heavy atom. The lowest BCUT2D eigenvalue weighted by Crippen LogP contribution is -2.36. The molecule has 3 heterocycles. The third-order valence-corrected chi connectivity index (χ3v) is 4.75. The Morgan fingerprint density at radius 1 is 1.32 bits per heavy atom. The average molecular weight is 358 g/mol. The first-order valence-corrected chi connectivity index (χ1v) is 8.25. The third kappa shape index (κ3) is 3.52. The van der Waals surface area contributed by atoms with Crippen LogP contribution in [0.25, 0.3) is 0 Å². The Kier molecular flexibility index (Phi) is 4.83. The zero-order valence-electron chi connectivity index (χ0n) is 11.5. The molecule has 1 amide bonds. The van der Waals surface area contributed by atoms with E-state index in [1.54, 1.807) is 18.3 Å². The standard InChI is InChI=1S/C14H13Cl2N3O2S/c15-11-7-10(13(16)22-11)14(20)18-12-2-1-9(8-17-12)19-3-5-21-6-4-19/h1-2,7-8H,3-6H2,(H,17,18,20). The van der Waals surface area contributed by atoms with Gasteiger partial charge in [0.1, 0.15) is 10.2 Å². The Hall–Kier alpha value is -1.34. The summed E-state index contributed by atoms with van der Waals surface area (Å²) in [6.45, 7) is 3.12. The molecular weight excluding hydrogens is 345 g/mol. The van der Waals surface area contributed by atoms with Crippen LogP contribution in [0.2, 0.25) is 8.67 Å². The van der Waals surface area contributed by atoms with Gasteiger partial charge in [-0.3, -0.25) is 4.79 Å². The van der Waals surface area contributed by atoms with Gasteiger partial charge in [-0.15, -0.1) is 11.3 Å². The first-order chi connectivity index (χ1) is 10.6. The van der Waals surface area contributed by atoms with Gasteiger partial charge < -0.3 is 15.0 Å². The van der Waals surface area contributed by atoms with Gasteiger partial charge in [0.2, 0.25) is 0 Å². The van der Waals surface area contributed by atoms with Gasteiger partial charge in [-0.2, -0.15) is 0 Å². The maximum absolute atomic E-state index is 12.1. The lowest BCUT2D eigenvalue weighted by molar-refractivity contribution is 0.102. The van der Waals surface area contributed by atoms with Gasteiger partial charge in [0, 0.05) is 13.1 Å². The number of nitrogens with zero attached hydrogens (tertiary/aromatic N) is 2. The van der Waals surface area contributed by atoms with E-state index in [-0.39, 0.29) is 5.91 Å². The van der Waals surface area contributed by atoms with Gasteiger partial charge in [0.15, 0.2) is 0 Å². The zero-order chi connectivity index (χ0) is 15.5. The molecule has 0 spiro atoms. The number of morpholine rings is 1. The van der Waals surface area contributed by atoms with Gasteiger partial charge in [0.25, 0.3) is 5.91 Å². The van der Waals surface area contributed by atoms with E-state index < -0.39 is 0 Å². The second-order valence-corrected chi connectivity index (χ2v) is 6.98. The third-order valence-electron chi connectivity index (χ3n) is 3.27. The number of aromatic nitrogens is 1. The number of carbonyl (C=O) groups is 1. The van der Waals surface area contributed by atoms with Crippen molar-refractivity contribution in [3.63, 3.8) is 0 Å². The van der Waals surface area contributed by atoms with Gasteiger partial charge in [-0.1, -0.05) is 23.2 Å². The molecule has 0 radical (unpaired) electrons. The number of amides is 1. The van der Waals surface area contributed by atoms with Crippen LogP contribution in [0, 0.1) is 0 Å². The second-order valence-electron chi connectivity index (χ2n) is 4.69. The minimum Gasteiger partial charge on any atom is -0.378 e. The van der Waals surface area contributed by atoms with Crippen molar-refractivity contribution < 1.29 is 9.53 Å². The van der Waals surface area contributed by atoms with Gasteiger partial charge in [-0.05, 0) is 18.2 Å². The fourth-order valence-electron chi connectivity index (χ4n) is 2.15. The summed E-state index contributed by atoms with van der Waals surface area (Å²) < 4.78 is 6.16. The minimum atomic E-state index is -0.320. The molecule has 2 aromatic rings. The Balaban J connectivity index is 1.68. The van der Waals surface area contributed by atoms with E-state index in [0.717, 1.165) is 43.3 Å². The highest BCUT2D eigenvalue weighted by Gasteiger charge is 2.15. The summed E-state index contributed by atoms with van der Waals surface area (Å²) in [7, 11) is 0. The van der Waals surface area contributed by atoms with Crippen molar-refractivity contribution >= 4 is 52.0 Å². The number of pyridine rings is 1. The molecule has 1 fully saturated rings. The van der Waals surface area contributed by atoms with E-state index in [9.17, 15) is 4.79 Å². The smallest absolute Gasteiger partial charge is 0.259 e. The first-order valence-electron chi connectivity index (χ1n) is 6.68. The number of carbonyl (C=O) groups excluding carboxylic acids is 1. The first kappa shape index (κ1) is 15.6. The fourth-order valence-corrected chi connectivity index (χ4v) is 3.61. The Morgan fingerprint density at radius 3 is 2.68 bits per heavy atom. The highest BCUT2D eigenvalue weighted by atomic mass is 35.5. The maximum Gasteiger partial charge on any atom is 0.259 e. The van der Waals surface area contributed by atoms with Crippen molar-refractivity contribution in [2.45, 2.75) is 0 Å². The van der Waals surface area contributed by atoms with Crippen LogP contribution in [0.1, 0.15) is 10.4 Å². The predicted molar refractivity (Wildman–Crippen MR) is 89.6 cm³/mol. The number of ether oxygens (including phenoxy) is 1. The normalized spacial score (nSPS) is 14.9. The molecule has 22 heavy (non-hydrogen) atoms. The highest BCUT2D eigenvalue weighted by molar-refractivity contribution is 7.20. The summed E-state index contributed by atoms with van der Waals surface area (Å²) in [5, 5.41) is 2.71. The Labute approximate surface area is 141 Å². The van der Waals surface area contributed by atoms with Crippen molar-refractivity contribution in [2.75, 3.05) is 36.5 Å². The number of hydrogen-bond donors (Lipinski definition) is 1. The van der Waals surface area contributed by atoms with Crippen molar-refractivity contribution in [2.24, 2.45) is 0 Å². The summed E-state index contributed by atoms with van der Waals surface area (Å²) in [5.41, 5.74) is 1.37. The number of hydrogen-bond acceptors (Lipinski definition) is 5. The van der Waals surface area contributed by atoms with Gasteiger partial charge in [-0.25, -0.2) is 4.98 Å². The SMILES string of the molecule is O=C(Nc1ccc(N2CCOCC2)cn1)c1cc(Cl)sc1Cl. The minimum absolute atomic E-state index is 0.320. The van der Waals surface area contributed by atoms with Crippen LogP contribution >= 0.6 is 34.5 Å². The molecule has 0 aromatic carbocycles. The molecule has 1 aliphatic heterocycles. The summed E-state index contributed by atoms with van der Waals surface area (Å²) in [6, 6.07) is 5.24. The quantitative estimate of drug-likeness (QED) is 0.912. The van der Waals surface area contributed by atoms with Gasteiger partial charge in [0.05, 0.1) is 35.0 Å². The fraction of sp³-hybridized carbons (Fsp3) is 0.286. The number of rotatable bonds is 3. The van der Waals surface area contributed by atoms with E-state index in [4.69, 9.17) is 27.9 Å². The van der Waals surface area contributed by atoms with Crippen molar-refractivity contribution in [1.82, 2.24) is 4.98 Å². The van der Waals surface area contributed by atoms with Crippen molar-refractivity contribution in [1.29, 1.82) is 0 Å². The summed E-state index contributed by atoms with van der Waals surface area (Å²) >= 11 is 13.0. The zero-order valence-corrected chi connectivity index (χ0v) is 13.8. The predicted octanol–water partition coefficient (Wildman–Crippen LogP) is 3.54. The lowest BCUT2D eigenvalue weighted by atomic mass is 10.3. The molecule has 0 bridgehead atoms. The van der Waals surface area contributed by atoms with E-state index in [1.165, 1.54) is 0 Å². The molecule has 1 aliphatic rings. The summed E-state index contributed by atoms with van der Waals surface area (Å²) in [5.74, 6) is 0.153. The Bertz CT molecular complexity index is 669. The molecule has 1 saturated heterocycles. The van der Waals surface area contributed by atoms with E-state index in [1.807, 2.05) is 6.07 Å². The average Bonchev–Trinajstić information content (AvgIpc) is 2.88. The summed E-state index contributed by atoms with van der Waals surface area (Å²) in [6.07, 6.45) is 1.74. The molecule has 8 heteroatoms. The van der Waals surface area contributed by atoms with Gasteiger partial charge >= 0.3 is 0 Å². The largest absolute Gasteiger partial charge is 0.378 e. The van der Waals surface area contributed by atoms with Crippen LogP contribution in [0.15, 0.2) is 24.4 Å². The van der Waals surface area contributed by atoms with Crippen molar-refractivity contribution in [3.05, 3.63) is 38.6 Å². The van der Waals surface area contributed by atoms with Crippen LogP contribution in [-0.2, 0) is 4.74 Å². The molecule has 0 atom stereocenters. The number of halogens is 2. The number of thiophene rings is 1. The van der Waals surface area contributed by atoms with Crippen molar-refractivity contribution in [3.8, 4) is 0 Å². The van der Waals surface area contributed by atoms with Crippen LogP contribution in [-0.4, -0.2) is 37.2 Å². The van der Waals surface area contributed by atoms with Crippen LogP contribution in [0.3, 0.4) is 0 Å². The molecule has 3 rings (SSSR count). The molecule has 0 aliphatic carbocycles. The second kappa shape index (κ2) is 6.83. The van der Waals surface area contributed by atoms with E-state index >= 15 is 0 Å². The molecular formula is C14H13Cl2N3O2S. The number of nitrogens with one attached hydrogen (secondary N) is 1. The molecule has 116 valence electrons. The topological polar surface area (TPSA) is 54.5 Å².